The van der Waals surface area contributed by atoms with E-state index in [9.17, 15) is 4.79 Å². The lowest BCUT2D eigenvalue weighted by Gasteiger charge is -2.00. The van der Waals surface area contributed by atoms with Gasteiger partial charge in [-0.3, -0.25) is 4.40 Å². The van der Waals surface area contributed by atoms with Crippen LogP contribution in [0.1, 0.15) is 5.69 Å². The molecule has 1 N–H and O–H groups in total. The monoisotopic (exact) mass is 298 g/mol. The van der Waals surface area contributed by atoms with Crippen molar-refractivity contribution in [2.75, 3.05) is 0 Å². The molecule has 0 saturated heterocycles. The molecule has 3 rings (SSSR count). The minimum atomic E-state index is -1.01. The largest absolute Gasteiger partial charge is 0.478 e. The second-order valence-corrected chi connectivity index (χ2v) is 4.84. The van der Waals surface area contributed by atoms with E-state index in [2.05, 4.69) is 4.98 Å². The Labute approximate surface area is 125 Å². The van der Waals surface area contributed by atoms with Crippen molar-refractivity contribution in [1.29, 1.82) is 0 Å². The lowest BCUT2D eigenvalue weighted by molar-refractivity contribution is -0.131. The van der Waals surface area contributed by atoms with Crippen molar-refractivity contribution in [2.45, 2.75) is 0 Å². The summed E-state index contributed by atoms with van der Waals surface area (Å²) in [5.74, 6) is -1.01. The summed E-state index contributed by atoms with van der Waals surface area (Å²) in [7, 11) is 0. The molecular formula is C16H11ClN2O2. The average Bonchev–Trinajstić information content (AvgIpc) is 2.86. The Kier molecular flexibility index (Phi) is 3.46. The van der Waals surface area contributed by atoms with Crippen LogP contribution in [0.2, 0.25) is 5.02 Å². The highest BCUT2D eigenvalue weighted by Crippen LogP contribution is 2.28. The van der Waals surface area contributed by atoms with Gasteiger partial charge in [-0.15, -0.1) is 0 Å². The van der Waals surface area contributed by atoms with Gasteiger partial charge in [0.05, 0.1) is 16.4 Å². The SMILES string of the molecule is O=C(O)/C=C/c1c(-c2ccccc2)nc2c(Cl)cccn12. The van der Waals surface area contributed by atoms with Crippen LogP contribution in [0, 0.1) is 0 Å². The summed E-state index contributed by atoms with van der Waals surface area (Å²) in [5, 5.41) is 9.38. The molecule has 0 radical (unpaired) electrons. The molecule has 3 aromatic rings. The number of hydrogen-bond acceptors (Lipinski definition) is 2. The Hall–Kier alpha value is -2.59. The summed E-state index contributed by atoms with van der Waals surface area (Å²) in [6.07, 6.45) is 4.43. The molecule has 0 spiro atoms. The molecule has 0 saturated carbocycles. The molecule has 0 amide bonds. The third-order valence-corrected chi connectivity index (χ3v) is 3.37. The molecule has 1 aromatic carbocycles. The number of nitrogens with zero attached hydrogens (tertiary/aromatic N) is 2. The number of carboxylic acids is 1. The van der Waals surface area contributed by atoms with Gasteiger partial charge >= 0.3 is 5.97 Å². The fourth-order valence-corrected chi connectivity index (χ4v) is 2.38. The highest BCUT2D eigenvalue weighted by Gasteiger charge is 2.13. The fraction of sp³-hybridized carbons (Fsp3) is 0. The Morgan fingerprint density at radius 1 is 1.19 bits per heavy atom. The van der Waals surface area contributed by atoms with Gasteiger partial charge in [-0.25, -0.2) is 9.78 Å². The Morgan fingerprint density at radius 3 is 2.67 bits per heavy atom. The van der Waals surface area contributed by atoms with Crippen LogP contribution in [-0.2, 0) is 4.79 Å². The number of imidazole rings is 1. The van der Waals surface area contributed by atoms with Gasteiger partial charge in [0.1, 0.15) is 0 Å². The Morgan fingerprint density at radius 2 is 1.95 bits per heavy atom. The number of halogens is 1. The normalized spacial score (nSPS) is 11.3. The van der Waals surface area contributed by atoms with Crippen molar-refractivity contribution in [3.8, 4) is 11.3 Å². The van der Waals surface area contributed by atoms with E-state index in [0.717, 1.165) is 11.6 Å². The lowest BCUT2D eigenvalue weighted by atomic mass is 10.1. The predicted molar refractivity (Wildman–Crippen MR) is 82.3 cm³/mol. The van der Waals surface area contributed by atoms with E-state index in [1.807, 2.05) is 36.5 Å². The van der Waals surface area contributed by atoms with Crippen molar-refractivity contribution in [2.24, 2.45) is 0 Å². The first-order valence-electron chi connectivity index (χ1n) is 6.30. The fourth-order valence-electron chi connectivity index (χ4n) is 2.17. The molecule has 5 heteroatoms. The summed E-state index contributed by atoms with van der Waals surface area (Å²) in [6.45, 7) is 0. The first-order chi connectivity index (χ1) is 10.2. The summed E-state index contributed by atoms with van der Waals surface area (Å²) < 4.78 is 1.78. The second-order valence-electron chi connectivity index (χ2n) is 4.43. The molecule has 0 fully saturated rings. The zero-order valence-corrected chi connectivity index (χ0v) is 11.7. The molecule has 2 heterocycles. The van der Waals surface area contributed by atoms with Gasteiger partial charge in [-0.2, -0.15) is 0 Å². The Bertz CT molecular complexity index is 838. The van der Waals surface area contributed by atoms with Crippen LogP contribution in [0.25, 0.3) is 23.0 Å². The number of aromatic nitrogens is 2. The smallest absolute Gasteiger partial charge is 0.328 e. The molecule has 0 unspecified atom stereocenters. The van der Waals surface area contributed by atoms with E-state index in [0.29, 0.717) is 22.1 Å². The minimum absolute atomic E-state index is 0.518. The van der Waals surface area contributed by atoms with Crippen molar-refractivity contribution in [1.82, 2.24) is 9.38 Å². The van der Waals surface area contributed by atoms with Crippen molar-refractivity contribution >= 4 is 29.3 Å². The van der Waals surface area contributed by atoms with Gasteiger partial charge < -0.3 is 5.11 Å². The zero-order valence-electron chi connectivity index (χ0n) is 10.9. The molecule has 104 valence electrons. The maximum atomic E-state index is 10.8. The summed E-state index contributed by atoms with van der Waals surface area (Å²) in [5.41, 5.74) is 2.88. The Balaban J connectivity index is 2.30. The molecule has 21 heavy (non-hydrogen) atoms. The average molecular weight is 299 g/mol. The molecule has 0 bridgehead atoms. The number of aliphatic carboxylic acids is 1. The van der Waals surface area contributed by atoms with Crippen molar-refractivity contribution in [3.05, 3.63) is 65.5 Å². The topological polar surface area (TPSA) is 54.6 Å². The zero-order chi connectivity index (χ0) is 14.8. The quantitative estimate of drug-likeness (QED) is 0.749. The summed E-state index contributed by atoms with van der Waals surface area (Å²) in [6, 6.07) is 13.1. The number of fused-ring (bicyclic) bond motifs is 1. The molecule has 0 aliphatic heterocycles. The van der Waals surface area contributed by atoms with Crippen molar-refractivity contribution < 1.29 is 9.90 Å². The van der Waals surface area contributed by atoms with Gasteiger partial charge in [0.2, 0.25) is 0 Å². The molecular weight excluding hydrogens is 288 g/mol. The highest BCUT2D eigenvalue weighted by atomic mass is 35.5. The number of rotatable bonds is 3. The number of benzene rings is 1. The number of carboxylic acid groups (broad SMARTS) is 1. The number of hydrogen-bond donors (Lipinski definition) is 1. The standard InChI is InChI=1S/C16H11ClN2O2/c17-12-7-4-10-19-13(8-9-14(20)21)15(18-16(12)19)11-5-2-1-3-6-11/h1-10H,(H,20,21)/b9-8+. The van der Waals surface area contributed by atoms with Gasteiger partial charge in [0.15, 0.2) is 5.65 Å². The number of carbonyl (C=O) groups is 1. The number of pyridine rings is 1. The van der Waals surface area contributed by atoms with Gasteiger partial charge in [0, 0.05) is 17.8 Å². The maximum Gasteiger partial charge on any atom is 0.328 e. The maximum absolute atomic E-state index is 10.8. The molecule has 2 aromatic heterocycles. The molecule has 0 atom stereocenters. The third-order valence-electron chi connectivity index (χ3n) is 3.07. The van der Waals surface area contributed by atoms with E-state index < -0.39 is 5.97 Å². The van der Waals surface area contributed by atoms with Crippen LogP contribution in [0.3, 0.4) is 0 Å². The minimum Gasteiger partial charge on any atom is -0.478 e. The van der Waals surface area contributed by atoms with Crippen molar-refractivity contribution in [3.63, 3.8) is 0 Å². The van der Waals surface area contributed by atoms with Gasteiger partial charge in [0.25, 0.3) is 0 Å². The van der Waals surface area contributed by atoms with Gasteiger partial charge in [-0.1, -0.05) is 41.9 Å². The first-order valence-corrected chi connectivity index (χ1v) is 6.67. The summed E-state index contributed by atoms with van der Waals surface area (Å²) in [4.78, 5) is 15.4. The molecule has 0 aliphatic carbocycles. The second kappa shape index (κ2) is 5.42. The van der Waals surface area contributed by atoms with E-state index >= 15 is 0 Å². The molecule has 4 nitrogen and oxygen atoms in total. The van der Waals surface area contributed by atoms with Crippen LogP contribution in [-0.4, -0.2) is 20.5 Å². The van der Waals surface area contributed by atoms with Crippen LogP contribution < -0.4 is 0 Å². The van der Waals surface area contributed by atoms with Crippen LogP contribution in [0.5, 0.6) is 0 Å². The molecule has 0 aliphatic rings. The van der Waals surface area contributed by atoms with E-state index in [-0.39, 0.29) is 0 Å². The predicted octanol–water partition coefficient (Wildman–Crippen LogP) is 3.75. The lowest BCUT2D eigenvalue weighted by Crippen LogP contribution is -1.91. The third kappa shape index (κ3) is 2.53. The van der Waals surface area contributed by atoms with E-state index in [1.165, 1.54) is 6.08 Å². The van der Waals surface area contributed by atoms with Crippen LogP contribution in [0.4, 0.5) is 0 Å². The first kappa shape index (κ1) is 13.4. The van der Waals surface area contributed by atoms with E-state index in [1.54, 1.807) is 16.5 Å². The highest BCUT2D eigenvalue weighted by molar-refractivity contribution is 6.33. The van der Waals surface area contributed by atoms with Crippen LogP contribution in [0.15, 0.2) is 54.7 Å². The van der Waals surface area contributed by atoms with Crippen LogP contribution >= 0.6 is 11.6 Å². The van der Waals surface area contributed by atoms with Gasteiger partial charge in [-0.05, 0) is 18.2 Å². The summed E-state index contributed by atoms with van der Waals surface area (Å²) >= 11 is 6.17. The van der Waals surface area contributed by atoms with E-state index in [4.69, 9.17) is 16.7 Å².